The number of rotatable bonds is 3. The molecule has 0 amide bonds. The summed E-state index contributed by atoms with van der Waals surface area (Å²) in [5, 5.41) is 6.69. The fourth-order valence-corrected chi connectivity index (χ4v) is 2.98. The first kappa shape index (κ1) is 13.4. The maximum absolute atomic E-state index is 12.3. The van der Waals surface area contributed by atoms with Gasteiger partial charge in [-0.25, -0.2) is 8.42 Å². The van der Waals surface area contributed by atoms with Gasteiger partial charge in [0.1, 0.15) is 0 Å². The predicted octanol–water partition coefficient (Wildman–Crippen LogP) is 1.72. The number of anilines is 2. The van der Waals surface area contributed by atoms with Crippen LogP contribution >= 0.6 is 0 Å². The molecule has 0 saturated carbocycles. The van der Waals surface area contributed by atoms with Crippen LogP contribution in [0.3, 0.4) is 0 Å². The summed E-state index contributed by atoms with van der Waals surface area (Å²) in [6.45, 7) is 5.25. The molecule has 0 unspecified atom stereocenters. The summed E-state index contributed by atoms with van der Waals surface area (Å²) in [5.74, 6) is 0. The zero-order chi connectivity index (χ0) is 14.2. The summed E-state index contributed by atoms with van der Waals surface area (Å²) in [5.41, 5.74) is 8.74. The number of sulfonamides is 1. The van der Waals surface area contributed by atoms with E-state index in [9.17, 15) is 8.42 Å². The van der Waals surface area contributed by atoms with Crippen molar-refractivity contribution in [2.75, 3.05) is 10.5 Å². The Kier molecular flexibility index (Phi) is 3.23. The highest BCUT2D eigenvalue weighted by Gasteiger charge is 2.18. The van der Waals surface area contributed by atoms with Crippen LogP contribution < -0.4 is 10.5 Å². The zero-order valence-corrected chi connectivity index (χ0v) is 11.8. The van der Waals surface area contributed by atoms with E-state index in [-0.39, 0.29) is 4.90 Å². The van der Waals surface area contributed by atoms with E-state index in [2.05, 4.69) is 14.9 Å². The highest BCUT2D eigenvalue weighted by Crippen LogP contribution is 2.23. The Morgan fingerprint density at radius 1 is 1.26 bits per heavy atom. The van der Waals surface area contributed by atoms with Gasteiger partial charge in [-0.15, -0.1) is 0 Å². The Morgan fingerprint density at radius 2 is 1.95 bits per heavy atom. The third kappa shape index (κ3) is 2.55. The first-order valence-electron chi connectivity index (χ1n) is 5.72. The van der Waals surface area contributed by atoms with Gasteiger partial charge in [-0.2, -0.15) is 5.10 Å². The second-order valence-electron chi connectivity index (χ2n) is 4.43. The van der Waals surface area contributed by atoms with Crippen LogP contribution in [0.5, 0.6) is 0 Å². The lowest BCUT2D eigenvalue weighted by Gasteiger charge is -2.09. The highest BCUT2D eigenvalue weighted by molar-refractivity contribution is 7.92. The molecule has 0 aliphatic rings. The van der Waals surface area contributed by atoms with Crippen molar-refractivity contribution in [3.05, 3.63) is 35.2 Å². The standard InChI is InChI=1S/C12H16N4O2S/c1-7-6-10(4-5-11(7)13)19(17,18)16-12-8(2)14-15-9(12)3/h4-6,16H,13H2,1-3H3,(H,14,15). The van der Waals surface area contributed by atoms with Crippen molar-refractivity contribution in [1.82, 2.24) is 10.2 Å². The van der Waals surface area contributed by atoms with Crippen LogP contribution in [0.25, 0.3) is 0 Å². The van der Waals surface area contributed by atoms with Crippen molar-refractivity contribution in [1.29, 1.82) is 0 Å². The lowest BCUT2D eigenvalue weighted by molar-refractivity contribution is 0.601. The second kappa shape index (κ2) is 4.58. The molecular formula is C12H16N4O2S. The maximum atomic E-state index is 12.3. The van der Waals surface area contributed by atoms with Gasteiger partial charge in [0.2, 0.25) is 0 Å². The van der Waals surface area contributed by atoms with Gasteiger partial charge in [0.15, 0.2) is 0 Å². The fourth-order valence-electron chi connectivity index (χ4n) is 1.71. The molecule has 19 heavy (non-hydrogen) atoms. The molecule has 0 bridgehead atoms. The molecule has 1 aromatic heterocycles. The van der Waals surface area contributed by atoms with Crippen molar-refractivity contribution in [2.45, 2.75) is 25.7 Å². The van der Waals surface area contributed by atoms with Gasteiger partial charge < -0.3 is 5.73 Å². The van der Waals surface area contributed by atoms with E-state index in [1.807, 2.05) is 0 Å². The average molecular weight is 280 g/mol. The molecule has 7 heteroatoms. The smallest absolute Gasteiger partial charge is 0.262 e. The molecule has 0 atom stereocenters. The van der Waals surface area contributed by atoms with E-state index in [1.54, 1.807) is 32.9 Å². The van der Waals surface area contributed by atoms with Gasteiger partial charge in [0, 0.05) is 5.69 Å². The average Bonchev–Trinajstić information content (AvgIpc) is 2.64. The number of nitrogens with two attached hydrogens (primary N) is 1. The summed E-state index contributed by atoms with van der Waals surface area (Å²) >= 11 is 0. The second-order valence-corrected chi connectivity index (χ2v) is 6.12. The minimum atomic E-state index is -3.63. The van der Waals surface area contributed by atoms with Crippen LogP contribution in [0.1, 0.15) is 17.0 Å². The van der Waals surface area contributed by atoms with Crippen molar-refractivity contribution in [3.8, 4) is 0 Å². The minimum absolute atomic E-state index is 0.180. The lowest BCUT2D eigenvalue weighted by atomic mass is 10.2. The SMILES string of the molecule is Cc1cc(S(=O)(=O)Nc2c(C)n[nH]c2C)ccc1N. The number of hydrogen-bond acceptors (Lipinski definition) is 4. The fraction of sp³-hybridized carbons (Fsp3) is 0.250. The number of nitrogens with zero attached hydrogens (tertiary/aromatic N) is 1. The minimum Gasteiger partial charge on any atom is -0.399 e. The van der Waals surface area contributed by atoms with Crippen molar-refractivity contribution >= 4 is 21.4 Å². The summed E-state index contributed by atoms with van der Waals surface area (Å²) in [6, 6.07) is 4.61. The van der Waals surface area contributed by atoms with Crippen LogP contribution in [0.2, 0.25) is 0 Å². The van der Waals surface area contributed by atoms with E-state index in [0.717, 1.165) is 5.56 Å². The van der Waals surface area contributed by atoms with Gasteiger partial charge in [-0.1, -0.05) is 0 Å². The Hall–Kier alpha value is -2.02. The van der Waals surface area contributed by atoms with Gasteiger partial charge in [-0.05, 0) is 44.5 Å². The molecule has 1 aromatic carbocycles. The van der Waals surface area contributed by atoms with Gasteiger partial charge in [0.05, 0.1) is 22.0 Å². The largest absolute Gasteiger partial charge is 0.399 e. The monoisotopic (exact) mass is 280 g/mol. The van der Waals surface area contributed by atoms with Crippen LogP contribution in [0.4, 0.5) is 11.4 Å². The molecule has 4 N–H and O–H groups in total. The molecule has 1 heterocycles. The van der Waals surface area contributed by atoms with E-state index in [1.165, 1.54) is 6.07 Å². The molecule has 6 nitrogen and oxygen atoms in total. The zero-order valence-electron chi connectivity index (χ0n) is 11.0. The molecule has 0 spiro atoms. The van der Waals surface area contributed by atoms with Crippen LogP contribution in [-0.4, -0.2) is 18.6 Å². The number of hydrogen-bond donors (Lipinski definition) is 3. The molecule has 2 aromatic rings. The van der Waals surface area contributed by atoms with E-state index < -0.39 is 10.0 Å². The highest BCUT2D eigenvalue weighted by atomic mass is 32.2. The molecule has 2 rings (SSSR count). The van der Waals surface area contributed by atoms with E-state index >= 15 is 0 Å². The predicted molar refractivity (Wildman–Crippen MR) is 74.5 cm³/mol. The Balaban J connectivity index is 2.41. The number of nitrogens with one attached hydrogen (secondary N) is 2. The Morgan fingerprint density at radius 3 is 2.47 bits per heavy atom. The quantitative estimate of drug-likeness (QED) is 0.745. The lowest BCUT2D eigenvalue weighted by Crippen LogP contribution is -2.14. The number of benzene rings is 1. The normalized spacial score (nSPS) is 11.5. The van der Waals surface area contributed by atoms with Gasteiger partial charge in [0.25, 0.3) is 10.0 Å². The van der Waals surface area contributed by atoms with Crippen LogP contribution in [0, 0.1) is 20.8 Å². The van der Waals surface area contributed by atoms with Gasteiger partial charge in [-0.3, -0.25) is 9.82 Å². The van der Waals surface area contributed by atoms with Crippen LogP contribution in [-0.2, 0) is 10.0 Å². The summed E-state index contributed by atoms with van der Waals surface area (Å²) in [4.78, 5) is 0.180. The van der Waals surface area contributed by atoms with Crippen molar-refractivity contribution in [3.63, 3.8) is 0 Å². The molecule has 102 valence electrons. The number of H-pyrrole nitrogens is 1. The van der Waals surface area contributed by atoms with E-state index in [0.29, 0.717) is 22.8 Å². The number of aromatic nitrogens is 2. The molecule has 0 saturated heterocycles. The molecular weight excluding hydrogens is 264 g/mol. The van der Waals surface area contributed by atoms with Gasteiger partial charge >= 0.3 is 0 Å². The van der Waals surface area contributed by atoms with E-state index in [4.69, 9.17) is 5.73 Å². The third-order valence-corrected chi connectivity index (χ3v) is 4.26. The first-order valence-corrected chi connectivity index (χ1v) is 7.20. The molecule has 0 aliphatic heterocycles. The van der Waals surface area contributed by atoms with Crippen molar-refractivity contribution in [2.24, 2.45) is 0 Å². The number of nitrogen functional groups attached to an aromatic ring is 1. The Labute approximate surface area is 112 Å². The number of aromatic amines is 1. The molecule has 0 radical (unpaired) electrons. The van der Waals surface area contributed by atoms with Crippen molar-refractivity contribution < 1.29 is 8.42 Å². The maximum Gasteiger partial charge on any atom is 0.262 e. The molecule has 0 aliphatic carbocycles. The third-order valence-electron chi connectivity index (χ3n) is 2.92. The number of aryl methyl sites for hydroxylation is 3. The van der Waals surface area contributed by atoms with Crippen LogP contribution in [0.15, 0.2) is 23.1 Å². The summed E-state index contributed by atoms with van der Waals surface area (Å²) in [6.07, 6.45) is 0. The Bertz CT molecular complexity index is 700. The first-order chi connectivity index (χ1) is 8.81. The summed E-state index contributed by atoms with van der Waals surface area (Å²) < 4.78 is 27.1. The summed E-state index contributed by atoms with van der Waals surface area (Å²) in [7, 11) is -3.63. The molecule has 0 fully saturated rings. The topological polar surface area (TPSA) is 101 Å².